The van der Waals surface area contributed by atoms with Crippen LogP contribution in [0.3, 0.4) is 0 Å². The quantitative estimate of drug-likeness (QED) is 0.444. The van der Waals surface area contributed by atoms with Crippen molar-refractivity contribution >= 4 is 0 Å². The molecule has 4 rings (SSSR count). The number of aliphatic hydroxyl groups excluding tert-OH is 1. The van der Waals surface area contributed by atoms with E-state index < -0.39 is 5.60 Å². The van der Waals surface area contributed by atoms with Crippen molar-refractivity contribution in [1.29, 1.82) is 0 Å². The molecule has 3 N–H and O–H groups in total. The number of nitrogens with two attached hydrogens (primary N) is 1. The van der Waals surface area contributed by atoms with Gasteiger partial charge in [0.25, 0.3) is 0 Å². The van der Waals surface area contributed by atoms with Crippen molar-refractivity contribution in [2.45, 2.75) is 37.3 Å². The van der Waals surface area contributed by atoms with E-state index in [0.717, 1.165) is 53.9 Å². The highest BCUT2D eigenvalue weighted by Crippen LogP contribution is 2.45. The van der Waals surface area contributed by atoms with Crippen LogP contribution in [-0.2, 0) is 10.3 Å². The van der Waals surface area contributed by atoms with Crippen LogP contribution < -0.4 is 15.2 Å². The summed E-state index contributed by atoms with van der Waals surface area (Å²) < 4.78 is 17.9. The molecule has 180 valence electrons. The van der Waals surface area contributed by atoms with Gasteiger partial charge in [-0.15, -0.1) is 0 Å². The Labute approximate surface area is 202 Å². The van der Waals surface area contributed by atoms with Crippen molar-refractivity contribution in [3.05, 3.63) is 95.6 Å². The molecule has 34 heavy (non-hydrogen) atoms. The molecule has 3 aromatic carbocycles. The van der Waals surface area contributed by atoms with E-state index in [9.17, 15) is 5.11 Å². The number of ether oxygens (including phenoxy) is 3. The van der Waals surface area contributed by atoms with Crippen LogP contribution in [0.2, 0.25) is 0 Å². The van der Waals surface area contributed by atoms with E-state index in [1.165, 1.54) is 0 Å². The van der Waals surface area contributed by atoms with Gasteiger partial charge in [-0.05, 0) is 66.6 Å². The molecular formula is C29H35NO4. The lowest BCUT2D eigenvalue weighted by molar-refractivity contribution is -0.0734. The second-order valence-corrected chi connectivity index (χ2v) is 9.29. The Morgan fingerprint density at radius 3 is 1.71 bits per heavy atom. The van der Waals surface area contributed by atoms with E-state index in [-0.39, 0.29) is 18.1 Å². The predicted octanol–water partition coefficient (Wildman–Crippen LogP) is 4.89. The molecule has 3 aromatic rings. The van der Waals surface area contributed by atoms with Crippen LogP contribution in [0.5, 0.6) is 11.5 Å². The average Bonchev–Trinajstić information content (AvgIpc) is 2.91. The molecular weight excluding hydrogens is 426 g/mol. The molecule has 1 aliphatic rings. The Morgan fingerprint density at radius 2 is 1.26 bits per heavy atom. The largest absolute Gasteiger partial charge is 0.497 e. The molecule has 0 atom stereocenters. The molecule has 0 unspecified atom stereocenters. The summed E-state index contributed by atoms with van der Waals surface area (Å²) in [6.45, 7) is 0.499. The third kappa shape index (κ3) is 4.83. The number of benzene rings is 3. The highest BCUT2D eigenvalue weighted by molar-refractivity contribution is 5.49. The Balaban J connectivity index is 1.84. The third-order valence-electron chi connectivity index (χ3n) is 7.19. The van der Waals surface area contributed by atoms with Gasteiger partial charge in [0.05, 0.1) is 27.4 Å². The van der Waals surface area contributed by atoms with Crippen molar-refractivity contribution < 1.29 is 19.3 Å². The van der Waals surface area contributed by atoms with E-state index >= 15 is 0 Å². The van der Waals surface area contributed by atoms with E-state index in [1.54, 1.807) is 14.2 Å². The number of methoxy groups -OCH3 is 2. The van der Waals surface area contributed by atoms with Gasteiger partial charge >= 0.3 is 0 Å². The molecule has 1 saturated carbocycles. The third-order valence-corrected chi connectivity index (χ3v) is 7.19. The Kier molecular flexibility index (Phi) is 7.57. The second-order valence-electron chi connectivity index (χ2n) is 9.29. The minimum Gasteiger partial charge on any atom is -0.497 e. The van der Waals surface area contributed by atoms with Crippen LogP contribution in [0, 0.1) is 5.41 Å². The molecule has 0 amide bonds. The zero-order valence-corrected chi connectivity index (χ0v) is 20.1. The Bertz CT molecular complexity index is 978. The fourth-order valence-electron chi connectivity index (χ4n) is 4.94. The van der Waals surface area contributed by atoms with Crippen molar-refractivity contribution in [3.63, 3.8) is 0 Å². The summed E-state index contributed by atoms with van der Waals surface area (Å²) in [6.07, 6.45) is 3.49. The highest BCUT2D eigenvalue weighted by atomic mass is 16.5. The summed E-state index contributed by atoms with van der Waals surface area (Å²) in [6, 6.07) is 26.5. The number of hydrogen-bond donors (Lipinski definition) is 2. The molecule has 5 nitrogen and oxygen atoms in total. The van der Waals surface area contributed by atoms with Crippen molar-refractivity contribution in [2.24, 2.45) is 11.1 Å². The first-order valence-electron chi connectivity index (χ1n) is 11.9. The van der Waals surface area contributed by atoms with Crippen molar-refractivity contribution in [1.82, 2.24) is 0 Å². The fraction of sp³-hybridized carbons (Fsp3) is 0.379. The van der Waals surface area contributed by atoms with Crippen molar-refractivity contribution in [2.75, 3.05) is 27.4 Å². The topological polar surface area (TPSA) is 73.9 Å². The molecule has 1 aliphatic carbocycles. The molecule has 0 heterocycles. The molecule has 1 fully saturated rings. The zero-order valence-electron chi connectivity index (χ0n) is 20.1. The normalized spacial score (nSPS) is 20.6. The van der Waals surface area contributed by atoms with E-state index in [2.05, 4.69) is 36.4 Å². The molecule has 0 radical (unpaired) electrons. The molecule has 5 heteroatoms. The summed E-state index contributed by atoms with van der Waals surface area (Å²) >= 11 is 0. The Morgan fingerprint density at radius 1 is 0.794 bits per heavy atom. The lowest BCUT2D eigenvalue weighted by Crippen LogP contribution is -2.43. The summed E-state index contributed by atoms with van der Waals surface area (Å²) in [7, 11) is 3.33. The smallest absolute Gasteiger partial charge is 0.143 e. The zero-order chi connectivity index (χ0) is 24.0. The SMILES string of the molecule is COc1ccc(C(OCC2(CO)CCC(N)CC2)(c2ccccc2)c2ccc(OC)cc2)cc1. The standard InChI is InChI=1S/C29H35NO4/c1-32-26-12-8-23(9-13-26)29(22-6-4-3-5-7-22,24-10-14-27(33-2)15-11-24)34-21-28(20-31)18-16-25(30)17-19-28/h3-15,25,31H,16-21,30H2,1-2H3. The summed E-state index contributed by atoms with van der Waals surface area (Å²) in [5.41, 5.74) is 7.99. The van der Waals surface area contributed by atoms with Gasteiger partial charge in [-0.25, -0.2) is 0 Å². The van der Waals surface area contributed by atoms with E-state index in [1.807, 2.05) is 42.5 Å². The maximum atomic E-state index is 10.4. The first-order valence-corrected chi connectivity index (χ1v) is 11.9. The van der Waals surface area contributed by atoms with Gasteiger partial charge in [0.15, 0.2) is 0 Å². The molecule has 0 bridgehead atoms. The monoisotopic (exact) mass is 461 g/mol. The van der Waals surface area contributed by atoms with Crippen LogP contribution in [0.4, 0.5) is 0 Å². The first-order chi connectivity index (χ1) is 16.5. The van der Waals surface area contributed by atoms with Crippen molar-refractivity contribution in [3.8, 4) is 11.5 Å². The van der Waals surface area contributed by atoms with E-state index in [4.69, 9.17) is 19.9 Å². The first kappa shape index (κ1) is 24.3. The second kappa shape index (κ2) is 10.6. The number of aliphatic hydroxyl groups is 1. The van der Waals surface area contributed by atoms with Gasteiger partial charge in [-0.1, -0.05) is 54.6 Å². The average molecular weight is 462 g/mol. The maximum absolute atomic E-state index is 10.4. The fourth-order valence-corrected chi connectivity index (χ4v) is 4.94. The molecule has 0 spiro atoms. The lowest BCUT2D eigenvalue weighted by Gasteiger charge is -2.43. The van der Waals surface area contributed by atoms with Crippen LogP contribution in [-0.4, -0.2) is 38.6 Å². The molecule has 0 saturated heterocycles. The molecule has 0 aromatic heterocycles. The highest BCUT2D eigenvalue weighted by Gasteiger charge is 2.42. The number of hydrogen-bond acceptors (Lipinski definition) is 5. The number of rotatable bonds is 9. The summed E-state index contributed by atoms with van der Waals surface area (Å²) in [5.74, 6) is 1.57. The minimum absolute atomic E-state index is 0.0792. The van der Waals surface area contributed by atoms with Gasteiger partial charge in [0.1, 0.15) is 17.1 Å². The van der Waals surface area contributed by atoms with Gasteiger partial charge in [0, 0.05) is 11.5 Å². The van der Waals surface area contributed by atoms with Crippen LogP contribution >= 0.6 is 0 Å². The van der Waals surface area contributed by atoms with Crippen LogP contribution in [0.15, 0.2) is 78.9 Å². The lowest BCUT2D eigenvalue weighted by atomic mass is 9.73. The van der Waals surface area contributed by atoms with Gasteiger partial charge < -0.3 is 25.1 Å². The van der Waals surface area contributed by atoms with Gasteiger partial charge in [-0.3, -0.25) is 0 Å². The van der Waals surface area contributed by atoms with Crippen LogP contribution in [0.25, 0.3) is 0 Å². The minimum atomic E-state index is -0.873. The summed E-state index contributed by atoms with van der Waals surface area (Å²) in [5, 5.41) is 10.4. The Hall–Kier alpha value is -2.86. The predicted molar refractivity (Wildman–Crippen MR) is 134 cm³/mol. The van der Waals surface area contributed by atoms with Gasteiger partial charge in [-0.2, -0.15) is 0 Å². The summed E-state index contributed by atoms with van der Waals surface area (Å²) in [4.78, 5) is 0. The van der Waals surface area contributed by atoms with E-state index in [0.29, 0.717) is 6.61 Å². The van der Waals surface area contributed by atoms with Crippen LogP contribution in [0.1, 0.15) is 42.4 Å². The maximum Gasteiger partial charge on any atom is 0.143 e. The molecule has 0 aliphatic heterocycles. The van der Waals surface area contributed by atoms with Gasteiger partial charge in [0.2, 0.25) is 0 Å².